The van der Waals surface area contributed by atoms with Gasteiger partial charge in [0, 0.05) is 0 Å². The molecule has 0 aromatic carbocycles. The monoisotopic (exact) mass is 1080 g/mol. The predicted octanol–water partition coefficient (Wildman–Crippen LogP) is 6.77. The van der Waals surface area contributed by atoms with Crippen molar-refractivity contribution in [3.8, 4) is 0 Å². The van der Waals surface area contributed by atoms with Crippen LogP contribution in [0.25, 0.3) is 0 Å². The third-order valence-corrected chi connectivity index (χ3v) is 0. The molecule has 8 heteroatoms. The second-order valence-electron chi connectivity index (χ2n) is 1.15. The molecule has 0 N–H and O–H groups in total. The van der Waals surface area contributed by atoms with E-state index in [1.165, 1.54) is 24.3 Å². The first-order valence-corrected chi connectivity index (χ1v) is 15.0. The van der Waals surface area contributed by atoms with Crippen LogP contribution in [-0.4, -0.2) is 0 Å². The molecule has 0 rings (SSSR count). The van der Waals surface area contributed by atoms with Gasteiger partial charge >= 0.3 is 113 Å². The molecule has 0 aromatic heterocycles. The minimum atomic E-state index is 1.50. The Labute approximate surface area is 188 Å². The molecule has 0 nitrogen and oxygen atoms in total. The van der Waals surface area contributed by atoms with Crippen molar-refractivity contribution in [2.75, 3.05) is 0 Å². The quantitative estimate of drug-likeness (QED) is 0.235. The van der Waals surface area contributed by atoms with Crippen LogP contribution >= 0.6 is 37.7 Å². The maximum atomic E-state index is 4.61. The Balaban J connectivity index is -0.0000000139. The Morgan fingerprint density at radius 3 is 0.450 bits per heavy atom. The van der Waals surface area contributed by atoms with Gasteiger partial charge in [-0.05, 0) is 0 Å². The summed E-state index contributed by atoms with van der Waals surface area (Å²) in [6.45, 7) is 26.0. The maximum absolute atomic E-state index is 4.61. The van der Waals surface area contributed by atoms with Crippen molar-refractivity contribution < 1.29 is 75.1 Å². The van der Waals surface area contributed by atoms with Crippen molar-refractivity contribution in [1.29, 1.82) is 0 Å². The molecule has 0 unspecified atom stereocenters. The van der Waals surface area contributed by atoms with Gasteiger partial charge in [-0.25, -0.2) is 78.3 Å². The summed E-state index contributed by atoms with van der Waals surface area (Å²) < 4.78 is 0. The van der Waals surface area contributed by atoms with E-state index in [9.17, 15) is 0 Å². The third kappa shape index (κ3) is 1380. The van der Waals surface area contributed by atoms with E-state index >= 15 is 0 Å². The zero-order valence-corrected chi connectivity index (χ0v) is 22.9. The number of hydrogen-bond donors (Lipinski definition) is 0. The summed E-state index contributed by atoms with van der Waals surface area (Å²) in [6.07, 6.45) is 6.00. The van der Waals surface area contributed by atoms with Gasteiger partial charge in [-0.15, -0.1) is 0 Å². The molecule has 0 aromatic rings. The van der Waals surface area contributed by atoms with Crippen LogP contribution in [0.2, 0.25) is 0 Å². The fraction of sp³-hybridized carbons (Fsp3) is 0. The SMILES string of the molecule is C=C[CH2-].C=C[CH2-].C=C[CH2-].C=C[CH2-].[Cl][Pt+].[Cl][Pt+].[Cl][Pt+].[Cl][Pt+]. The fourth-order valence-corrected chi connectivity index (χ4v) is 0. The van der Waals surface area contributed by atoms with Crippen molar-refractivity contribution >= 4 is 37.7 Å². The van der Waals surface area contributed by atoms with Gasteiger partial charge in [-0.3, -0.25) is 0 Å². The van der Waals surface area contributed by atoms with E-state index in [1.807, 2.05) is 0 Å². The van der Waals surface area contributed by atoms with Crippen molar-refractivity contribution in [3.63, 3.8) is 0 Å². The Hall–Kier alpha value is 2.35. The third-order valence-electron chi connectivity index (χ3n) is 0. The minimum absolute atomic E-state index is 1.50. The van der Waals surface area contributed by atoms with Crippen LogP contribution in [0.15, 0.2) is 50.6 Å². The first-order valence-electron chi connectivity index (χ1n) is 3.74. The van der Waals surface area contributed by atoms with Crippen molar-refractivity contribution in [2.24, 2.45) is 0 Å². The van der Waals surface area contributed by atoms with E-state index in [0.29, 0.717) is 0 Å². The Morgan fingerprint density at radius 1 is 0.450 bits per heavy atom. The van der Waals surface area contributed by atoms with Gasteiger partial charge in [0.25, 0.3) is 0 Å². The van der Waals surface area contributed by atoms with Crippen LogP contribution in [0.3, 0.4) is 0 Å². The summed E-state index contributed by atoms with van der Waals surface area (Å²) in [7, 11) is 18.4. The Bertz CT molecular complexity index is 81.5. The normalized spacial score (nSPS) is 3.80. The second kappa shape index (κ2) is 219. The van der Waals surface area contributed by atoms with Gasteiger partial charge in [0.05, 0.1) is 0 Å². The topological polar surface area (TPSA) is 0 Å². The molecule has 0 saturated carbocycles. The van der Waals surface area contributed by atoms with Crippen molar-refractivity contribution in [3.05, 3.63) is 78.3 Å². The molecule has 0 aliphatic rings. The predicted molar refractivity (Wildman–Crippen MR) is 85.6 cm³/mol. The number of rotatable bonds is 0. The first kappa shape index (κ1) is 49.5. The van der Waals surface area contributed by atoms with E-state index < -0.39 is 0 Å². The average Bonchev–Trinajstić information content (AvgIpc) is 2.50. The van der Waals surface area contributed by atoms with E-state index in [4.69, 9.17) is 0 Å². The Kier molecular flexibility index (Phi) is 542. The summed E-state index contributed by atoms with van der Waals surface area (Å²) in [5.41, 5.74) is 0. The molecule has 0 aliphatic carbocycles. The zero-order chi connectivity index (χ0) is 18.8. The van der Waals surface area contributed by atoms with Crippen LogP contribution in [0.1, 0.15) is 0 Å². The molecular weight excluding hydrogens is 1070 g/mol. The second-order valence-corrected chi connectivity index (χ2v) is 1.15. The van der Waals surface area contributed by atoms with E-state index in [1.54, 1.807) is 75.1 Å². The molecule has 0 bridgehead atoms. The van der Waals surface area contributed by atoms with Crippen LogP contribution in [-0.2, 0) is 75.1 Å². The van der Waals surface area contributed by atoms with Crippen molar-refractivity contribution in [1.82, 2.24) is 0 Å². The van der Waals surface area contributed by atoms with Crippen molar-refractivity contribution in [2.45, 2.75) is 0 Å². The summed E-state index contributed by atoms with van der Waals surface area (Å²) in [6, 6.07) is 0. The van der Waals surface area contributed by atoms with E-state index in [2.05, 4.69) is 91.7 Å². The molecule has 136 valence electrons. The molecule has 20 heavy (non-hydrogen) atoms. The summed E-state index contributed by atoms with van der Waals surface area (Å²) in [5.74, 6) is 0. The van der Waals surface area contributed by atoms with Crippen LogP contribution in [0, 0.1) is 27.7 Å². The van der Waals surface area contributed by atoms with Gasteiger partial charge < -0.3 is 0 Å². The van der Waals surface area contributed by atoms with E-state index in [-0.39, 0.29) is 0 Å². The zero-order valence-electron chi connectivity index (χ0n) is 10.7. The molecule has 0 amide bonds. The average molecular weight is 1090 g/mol. The molecule has 0 fully saturated rings. The molecule has 0 spiro atoms. The molecule has 0 radical (unpaired) electrons. The summed E-state index contributed by atoms with van der Waals surface area (Å²) in [5, 5.41) is 0. The van der Waals surface area contributed by atoms with Crippen LogP contribution < -0.4 is 0 Å². The molecule has 0 saturated heterocycles. The summed E-state index contributed by atoms with van der Waals surface area (Å²) >= 11 is 6.44. The van der Waals surface area contributed by atoms with Gasteiger partial charge in [-0.1, -0.05) is 0 Å². The standard InChI is InChI=1S/4C3H5.4ClH.4Pt/c4*1-3-2;;;;;;;;/h4*3H,1-2H2;4*1H;;;;/q4*-1;;;;;4*+2/p-4. The summed E-state index contributed by atoms with van der Waals surface area (Å²) in [4.78, 5) is 0. The van der Waals surface area contributed by atoms with Gasteiger partial charge in [0.2, 0.25) is 0 Å². The molecule has 0 aliphatic heterocycles. The van der Waals surface area contributed by atoms with Gasteiger partial charge in [0.15, 0.2) is 0 Å². The number of hydrogen-bond acceptors (Lipinski definition) is 0. The molecular formula is C12H20Cl4Pt4. The van der Waals surface area contributed by atoms with Crippen LogP contribution in [0.4, 0.5) is 0 Å². The molecule has 0 heterocycles. The fourth-order valence-electron chi connectivity index (χ4n) is 0. The number of allylic oxidation sites excluding steroid dienone is 4. The van der Waals surface area contributed by atoms with Crippen LogP contribution in [0.5, 0.6) is 0 Å². The first-order chi connectivity index (χ1) is 9.66. The Morgan fingerprint density at radius 2 is 0.450 bits per heavy atom. The molecule has 0 atom stereocenters. The van der Waals surface area contributed by atoms with E-state index in [0.717, 1.165) is 0 Å². The van der Waals surface area contributed by atoms with Gasteiger partial charge in [-0.2, -0.15) is 0 Å². The number of halogens is 4. The van der Waals surface area contributed by atoms with Gasteiger partial charge in [0.1, 0.15) is 0 Å².